The predicted molar refractivity (Wildman–Crippen MR) is 98.8 cm³/mol. The lowest BCUT2D eigenvalue weighted by Gasteiger charge is -2.07. The van der Waals surface area contributed by atoms with Crippen molar-refractivity contribution in [2.75, 3.05) is 13.7 Å². The monoisotopic (exact) mass is 385 g/mol. The van der Waals surface area contributed by atoms with Crippen molar-refractivity contribution >= 4 is 40.6 Å². The molecule has 1 fully saturated rings. The minimum atomic E-state index is -1.31. The van der Waals surface area contributed by atoms with Crippen molar-refractivity contribution in [3.05, 3.63) is 64.8 Å². The molecule has 27 heavy (non-hydrogen) atoms. The first kappa shape index (κ1) is 18.7. The maximum atomic E-state index is 13.8. The number of carbonyl (C=O) groups excluding carboxylic acids is 2. The summed E-state index contributed by atoms with van der Waals surface area (Å²) in [6.45, 7) is -0.532. The van der Waals surface area contributed by atoms with Gasteiger partial charge in [-0.05, 0) is 47.7 Å². The standard InChI is InChI=1S/C19H15FN2O4S/c1-22-18(25)16(27-19(22)21-15-5-3-2-4-14(15)20)10-12-6-8-13(9-7-12)26-11-17(23)24/h2-10H,11H2,1H3,(H,23,24)/p-1/b16-10+,21-19?. The zero-order chi connectivity index (χ0) is 19.4. The van der Waals surface area contributed by atoms with Gasteiger partial charge in [-0.15, -0.1) is 0 Å². The van der Waals surface area contributed by atoms with Gasteiger partial charge in [0, 0.05) is 7.05 Å². The highest BCUT2D eigenvalue weighted by molar-refractivity contribution is 8.18. The number of amides is 1. The summed E-state index contributed by atoms with van der Waals surface area (Å²) in [6.07, 6.45) is 1.68. The van der Waals surface area contributed by atoms with Crippen molar-refractivity contribution in [2.24, 2.45) is 4.99 Å². The van der Waals surface area contributed by atoms with Gasteiger partial charge in [-0.1, -0.05) is 24.3 Å². The molecule has 1 aliphatic heterocycles. The normalized spacial score (nSPS) is 17.0. The Morgan fingerprint density at radius 2 is 1.96 bits per heavy atom. The van der Waals surface area contributed by atoms with Crippen LogP contribution in [0.5, 0.6) is 5.75 Å². The van der Waals surface area contributed by atoms with Crippen LogP contribution < -0.4 is 9.84 Å². The molecule has 3 rings (SSSR count). The van der Waals surface area contributed by atoms with Gasteiger partial charge in [0.2, 0.25) is 0 Å². The Morgan fingerprint density at radius 3 is 2.63 bits per heavy atom. The first-order chi connectivity index (χ1) is 12.9. The van der Waals surface area contributed by atoms with Crippen LogP contribution in [0.2, 0.25) is 0 Å². The Balaban J connectivity index is 1.78. The largest absolute Gasteiger partial charge is 0.546 e. The summed E-state index contributed by atoms with van der Waals surface area (Å²) in [5, 5.41) is 10.8. The minimum Gasteiger partial charge on any atom is -0.546 e. The molecule has 2 aromatic rings. The van der Waals surface area contributed by atoms with Crippen LogP contribution in [0.25, 0.3) is 6.08 Å². The van der Waals surface area contributed by atoms with Crippen molar-refractivity contribution in [2.45, 2.75) is 0 Å². The molecule has 0 aliphatic carbocycles. The minimum absolute atomic E-state index is 0.162. The molecule has 0 saturated carbocycles. The van der Waals surface area contributed by atoms with Crippen LogP contribution >= 0.6 is 11.8 Å². The molecule has 138 valence electrons. The molecule has 8 heteroatoms. The summed E-state index contributed by atoms with van der Waals surface area (Å²) >= 11 is 1.15. The van der Waals surface area contributed by atoms with E-state index in [-0.39, 0.29) is 11.6 Å². The van der Waals surface area contributed by atoms with Crippen molar-refractivity contribution in [3.63, 3.8) is 0 Å². The van der Waals surface area contributed by atoms with E-state index in [0.29, 0.717) is 15.8 Å². The molecular weight excluding hydrogens is 371 g/mol. The van der Waals surface area contributed by atoms with Crippen molar-refractivity contribution in [1.29, 1.82) is 0 Å². The van der Waals surface area contributed by atoms with Gasteiger partial charge in [0.05, 0.1) is 10.9 Å². The lowest BCUT2D eigenvalue weighted by Crippen LogP contribution is -2.28. The number of rotatable bonds is 5. The third-order valence-corrected chi connectivity index (χ3v) is 4.67. The SMILES string of the molecule is CN1C(=O)/C(=C\c2ccc(OCC(=O)[O-])cc2)SC1=Nc1ccccc1F. The second-order valence-corrected chi connectivity index (χ2v) is 6.56. The van der Waals surface area contributed by atoms with Gasteiger partial charge in [-0.25, -0.2) is 9.38 Å². The van der Waals surface area contributed by atoms with Crippen LogP contribution in [0.4, 0.5) is 10.1 Å². The van der Waals surface area contributed by atoms with Crippen LogP contribution in [0.1, 0.15) is 5.56 Å². The Labute approximate surface area is 159 Å². The van der Waals surface area contributed by atoms with Crippen LogP contribution in [0, 0.1) is 5.82 Å². The number of thioether (sulfide) groups is 1. The Bertz CT molecular complexity index is 941. The van der Waals surface area contributed by atoms with E-state index < -0.39 is 18.4 Å². The van der Waals surface area contributed by atoms with E-state index in [9.17, 15) is 19.1 Å². The summed E-state index contributed by atoms with van der Waals surface area (Å²) < 4.78 is 18.8. The van der Waals surface area contributed by atoms with Gasteiger partial charge in [0.25, 0.3) is 5.91 Å². The van der Waals surface area contributed by atoms with Crippen LogP contribution in [0.15, 0.2) is 58.4 Å². The number of hydrogen-bond donors (Lipinski definition) is 0. The molecule has 1 aliphatic rings. The molecule has 0 atom stereocenters. The van der Waals surface area contributed by atoms with Crippen molar-refractivity contribution < 1.29 is 23.8 Å². The van der Waals surface area contributed by atoms with Crippen LogP contribution in [-0.4, -0.2) is 35.6 Å². The zero-order valence-corrected chi connectivity index (χ0v) is 15.0. The van der Waals surface area contributed by atoms with E-state index in [1.165, 1.54) is 17.0 Å². The summed E-state index contributed by atoms with van der Waals surface area (Å²) in [6, 6.07) is 12.7. The Hall–Kier alpha value is -3.13. The number of para-hydroxylation sites is 1. The fraction of sp³-hybridized carbons (Fsp3) is 0.105. The molecule has 1 saturated heterocycles. The highest BCUT2D eigenvalue weighted by atomic mass is 32.2. The third-order valence-electron chi connectivity index (χ3n) is 3.61. The number of aliphatic carboxylic acids is 1. The molecule has 0 N–H and O–H groups in total. The first-order valence-electron chi connectivity index (χ1n) is 7.87. The number of hydrogen-bond acceptors (Lipinski definition) is 6. The smallest absolute Gasteiger partial charge is 0.266 e. The number of halogens is 1. The van der Waals surface area contributed by atoms with Gasteiger partial charge < -0.3 is 14.6 Å². The highest BCUT2D eigenvalue weighted by Gasteiger charge is 2.30. The maximum Gasteiger partial charge on any atom is 0.266 e. The van der Waals surface area contributed by atoms with Gasteiger partial charge >= 0.3 is 0 Å². The van der Waals surface area contributed by atoms with Crippen LogP contribution in [-0.2, 0) is 9.59 Å². The number of benzene rings is 2. The van der Waals surface area contributed by atoms with E-state index in [1.54, 1.807) is 49.5 Å². The quantitative estimate of drug-likeness (QED) is 0.737. The summed E-state index contributed by atoms with van der Waals surface area (Å²) in [5.41, 5.74) is 0.891. The van der Waals surface area contributed by atoms with Crippen molar-refractivity contribution in [3.8, 4) is 5.75 Å². The number of carboxylic acids is 1. The fourth-order valence-electron chi connectivity index (χ4n) is 2.25. The third kappa shape index (κ3) is 4.53. The molecule has 0 bridgehead atoms. The van der Waals surface area contributed by atoms with E-state index in [4.69, 9.17) is 4.74 Å². The zero-order valence-electron chi connectivity index (χ0n) is 14.2. The maximum absolute atomic E-state index is 13.8. The molecule has 1 amide bonds. The molecule has 0 spiro atoms. The number of carboxylic acid groups (broad SMARTS) is 1. The number of carbonyl (C=O) groups is 2. The number of amidine groups is 1. The lowest BCUT2D eigenvalue weighted by molar-refractivity contribution is -0.307. The lowest BCUT2D eigenvalue weighted by atomic mass is 10.2. The molecule has 0 unspecified atom stereocenters. The van der Waals surface area contributed by atoms with Gasteiger partial charge in [0.1, 0.15) is 23.9 Å². The number of ether oxygens (including phenoxy) is 1. The van der Waals surface area contributed by atoms with E-state index >= 15 is 0 Å². The van der Waals surface area contributed by atoms with Gasteiger partial charge in [0.15, 0.2) is 5.17 Å². The molecule has 1 heterocycles. The van der Waals surface area contributed by atoms with Gasteiger partial charge in [-0.3, -0.25) is 9.69 Å². The van der Waals surface area contributed by atoms with E-state index in [1.807, 2.05) is 0 Å². The van der Waals surface area contributed by atoms with E-state index in [0.717, 1.165) is 17.3 Å². The van der Waals surface area contributed by atoms with Gasteiger partial charge in [-0.2, -0.15) is 0 Å². The number of likely N-dealkylation sites (N-methyl/N-ethyl adjacent to an activating group) is 1. The molecule has 0 radical (unpaired) electrons. The summed E-state index contributed by atoms with van der Waals surface area (Å²) in [4.78, 5) is 28.8. The first-order valence-corrected chi connectivity index (χ1v) is 8.69. The Morgan fingerprint density at radius 1 is 1.26 bits per heavy atom. The molecule has 2 aromatic carbocycles. The topological polar surface area (TPSA) is 82.0 Å². The summed E-state index contributed by atoms with van der Waals surface area (Å²) in [5.74, 6) is -1.63. The molecular formula is C19H14FN2O4S-. The fourth-order valence-corrected chi connectivity index (χ4v) is 3.23. The Kier molecular flexibility index (Phi) is 5.56. The summed E-state index contributed by atoms with van der Waals surface area (Å²) in [7, 11) is 1.58. The molecule has 6 nitrogen and oxygen atoms in total. The van der Waals surface area contributed by atoms with E-state index in [2.05, 4.69) is 4.99 Å². The van der Waals surface area contributed by atoms with Crippen molar-refractivity contribution in [1.82, 2.24) is 4.90 Å². The molecule has 0 aromatic heterocycles. The number of aliphatic imine (C=N–C) groups is 1. The highest BCUT2D eigenvalue weighted by Crippen LogP contribution is 2.33. The predicted octanol–water partition coefficient (Wildman–Crippen LogP) is 2.19. The van der Waals surface area contributed by atoms with Crippen LogP contribution in [0.3, 0.4) is 0 Å². The average Bonchev–Trinajstić information content (AvgIpc) is 2.91. The second kappa shape index (κ2) is 8.05. The average molecular weight is 385 g/mol. The number of nitrogens with zero attached hydrogens (tertiary/aromatic N) is 2. The second-order valence-electron chi connectivity index (χ2n) is 5.55.